The van der Waals surface area contributed by atoms with Crippen molar-refractivity contribution in [3.8, 4) is 5.88 Å². The van der Waals surface area contributed by atoms with E-state index in [1.165, 1.54) is 0 Å². The van der Waals surface area contributed by atoms with Gasteiger partial charge in [-0.25, -0.2) is 4.98 Å². The molecule has 3 nitrogen and oxygen atoms in total. The van der Waals surface area contributed by atoms with Crippen LogP contribution in [-0.2, 0) is 0 Å². The highest BCUT2D eigenvalue weighted by Crippen LogP contribution is 2.17. The maximum absolute atomic E-state index is 9.22. The Morgan fingerprint density at radius 1 is 1.50 bits per heavy atom. The molecule has 1 atom stereocenters. The zero-order valence-corrected chi connectivity index (χ0v) is 7.53. The minimum Gasteiger partial charge on any atom is -0.481 e. The van der Waals surface area contributed by atoms with Gasteiger partial charge < -0.3 is 9.84 Å². The highest BCUT2D eigenvalue weighted by atomic mass is 16.5. The van der Waals surface area contributed by atoms with Gasteiger partial charge in [-0.1, -0.05) is 6.07 Å². The van der Waals surface area contributed by atoms with Crippen LogP contribution in [0.2, 0.25) is 0 Å². The van der Waals surface area contributed by atoms with Gasteiger partial charge in [-0.2, -0.15) is 0 Å². The molecular formula is C9H13NO2. The fourth-order valence-corrected chi connectivity index (χ4v) is 0.964. The van der Waals surface area contributed by atoms with Gasteiger partial charge in [-0.15, -0.1) is 0 Å². The average Bonchev–Trinajstić information content (AvgIpc) is 2.05. The van der Waals surface area contributed by atoms with Crippen LogP contribution in [0.5, 0.6) is 5.88 Å². The lowest BCUT2D eigenvalue weighted by Gasteiger charge is -2.07. The van der Waals surface area contributed by atoms with Crippen molar-refractivity contribution in [2.75, 3.05) is 7.11 Å². The van der Waals surface area contributed by atoms with Gasteiger partial charge in [0.2, 0.25) is 5.88 Å². The van der Waals surface area contributed by atoms with Crippen LogP contribution >= 0.6 is 0 Å². The third-order valence-corrected chi connectivity index (χ3v) is 1.69. The molecule has 0 fully saturated rings. The van der Waals surface area contributed by atoms with Gasteiger partial charge in [-0.3, -0.25) is 0 Å². The number of hydrogen-bond acceptors (Lipinski definition) is 3. The van der Waals surface area contributed by atoms with E-state index in [1.54, 1.807) is 20.1 Å². The zero-order chi connectivity index (χ0) is 9.14. The molecular weight excluding hydrogens is 154 g/mol. The van der Waals surface area contributed by atoms with Gasteiger partial charge in [-0.05, 0) is 19.9 Å². The number of aliphatic hydroxyl groups excluding tert-OH is 1. The summed E-state index contributed by atoms with van der Waals surface area (Å²) < 4.78 is 5.01. The lowest BCUT2D eigenvalue weighted by atomic mass is 10.2. The first-order valence-corrected chi connectivity index (χ1v) is 3.84. The molecule has 0 radical (unpaired) electrons. The number of nitrogens with zero attached hydrogens (tertiary/aromatic N) is 1. The number of ether oxygens (including phenoxy) is 1. The number of pyridine rings is 1. The maximum atomic E-state index is 9.22. The Labute approximate surface area is 72.0 Å². The summed E-state index contributed by atoms with van der Waals surface area (Å²) in [5.74, 6) is 0.577. The molecule has 0 spiro atoms. The predicted octanol–water partition coefficient (Wildman–Crippen LogP) is 1.45. The molecule has 1 aromatic heterocycles. The van der Waals surface area contributed by atoms with E-state index in [0.29, 0.717) is 11.6 Å². The van der Waals surface area contributed by atoms with Gasteiger partial charge in [0, 0.05) is 5.56 Å². The van der Waals surface area contributed by atoms with Crippen LogP contribution in [0.3, 0.4) is 0 Å². The monoisotopic (exact) mass is 167 g/mol. The topological polar surface area (TPSA) is 42.4 Å². The first-order chi connectivity index (χ1) is 5.65. The summed E-state index contributed by atoms with van der Waals surface area (Å²) in [5.41, 5.74) is 1.61. The average molecular weight is 167 g/mol. The number of hydrogen-bond donors (Lipinski definition) is 1. The maximum Gasteiger partial charge on any atom is 0.216 e. The van der Waals surface area contributed by atoms with E-state index in [-0.39, 0.29) is 0 Å². The third-order valence-electron chi connectivity index (χ3n) is 1.69. The van der Waals surface area contributed by atoms with E-state index >= 15 is 0 Å². The quantitative estimate of drug-likeness (QED) is 0.725. The Bertz CT molecular complexity index is 271. The fourth-order valence-electron chi connectivity index (χ4n) is 0.964. The van der Waals surface area contributed by atoms with Crippen LogP contribution in [0.25, 0.3) is 0 Å². The molecule has 0 aliphatic rings. The van der Waals surface area contributed by atoms with E-state index < -0.39 is 6.10 Å². The van der Waals surface area contributed by atoms with Crippen LogP contribution in [-0.4, -0.2) is 17.2 Å². The highest BCUT2D eigenvalue weighted by Gasteiger charge is 2.05. The molecule has 0 saturated heterocycles. The van der Waals surface area contributed by atoms with E-state index in [9.17, 15) is 5.11 Å². The largest absolute Gasteiger partial charge is 0.481 e. The summed E-state index contributed by atoms with van der Waals surface area (Å²) in [6.07, 6.45) is -0.542. The summed E-state index contributed by atoms with van der Waals surface area (Å²) >= 11 is 0. The molecule has 66 valence electrons. The van der Waals surface area contributed by atoms with E-state index in [0.717, 1.165) is 5.56 Å². The van der Waals surface area contributed by atoms with Crippen LogP contribution in [0, 0.1) is 6.92 Å². The first-order valence-electron chi connectivity index (χ1n) is 3.84. The number of aryl methyl sites for hydroxylation is 1. The summed E-state index contributed by atoms with van der Waals surface area (Å²) in [5, 5.41) is 9.22. The fraction of sp³-hybridized carbons (Fsp3) is 0.444. The summed E-state index contributed by atoms with van der Waals surface area (Å²) in [7, 11) is 1.57. The Balaban J connectivity index is 3.05. The second kappa shape index (κ2) is 3.54. The Morgan fingerprint density at radius 2 is 2.17 bits per heavy atom. The Morgan fingerprint density at radius 3 is 2.67 bits per heavy atom. The van der Waals surface area contributed by atoms with Crippen molar-refractivity contribution in [1.82, 2.24) is 4.98 Å². The van der Waals surface area contributed by atoms with Crippen molar-refractivity contribution in [2.45, 2.75) is 20.0 Å². The molecule has 1 heterocycles. The molecule has 12 heavy (non-hydrogen) atoms. The number of methoxy groups -OCH3 is 1. The molecule has 3 heteroatoms. The van der Waals surface area contributed by atoms with Crippen molar-refractivity contribution >= 4 is 0 Å². The Hall–Kier alpha value is -1.09. The predicted molar refractivity (Wildman–Crippen MR) is 46.2 cm³/mol. The molecule has 1 unspecified atom stereocenters. The molecule has 0 saturated carbocycles. The molecule has 0 bridgehead atoms. The van der Waals surface area contributed by atoms with Crippen molar-refractivity contribution < 1.29 is 9.84 Å². The van der Waals surface area contributed by atoms with E-state index in [1.807, 2.05) is 13.0 Å². The third kappa shape index (κ3) is 1.74. The molecule has 0 aliphatic carbocycles. The molecule has 0 aliphatic heterocycles. The van der Waals surface area contributed by atoms with Gasteiger partial charge in [0.05, 0.1) is 18.9 Å². The Kier molecular flexibility index (Phi) is 2.65. The van der Waals surface area contributed by atoms with Crippen LogP contribution in [0.15, 0.2) is 12.1 Å². The minimum atomic E-state index is -0.542. The minimum absolute atomic E-state index is 0.542. The molecule has 1 rings (SSSR count). The van der Waals surface area contributed by atoms with Crippen LogP contribution < -0.4 is 4.74 Å². The van der Waals surface area contributed by atoms with Crippen LogP contribution in [0.4, 0.5) is 0 Å². The molecule has 0 aromatic carbocycles. The highest BCUT2D eigenvalue weighted by molar-refractivity contribution is 5.27. The summed E-state index contributed by atoms with van der Waals surface area (Å²) in [4.78, 5) is 4.12. The summed E-state index contributed by atoms with van der Waals surface area (Å²) in [6, 6.07) is 3.68. The standard InChI is InChI=1S/C9H13NO2/c1-6-4-5-8(7(2)11)10-9(6)12-3/h4-5,7,11H,1-3H3. The van der Waals surface area contributed by atoms with E-state index in [4.69, 9.17) is 4.74 Å². The molecule has 1 aromatic rings. The van der Waals surface area contributed by atoms with Gasteiger partial charge in [0.25, 0.3) is 0 Å². The van der Waals surface area contributed by atoms with Crippen LogP contribution in [0.1, 0.15) is 24.3 Å². The molecule has 1 N–H and O–H groups in total. The van der Waals surface area contributed by atoms with Crippen molar-refractivity contribution in [1.29, 1.82) is 0 Å². The van der Waals surface area contributed by atoms with Gasteiger partial charge in [0.1, 0.15) is 0 Å². The lowest BCUT2D eigenvalue weighted by Crippen LogP contribution is -1.99. The first kappa shape index (κ1) is 9.00. The number of aliphatic hydroxyl groups is 1. The van der Waals surface area contributed by atoms with Crippen molar-refractivity contribution in [3.05, 3.63) is 23.4 Å². The van der Waals surface area contributed by atoms with Gasteiger partial charge >= 0.3 is 0 Å². The van der Waals surface area contributed by atoms with Gasteiger partial charge in [0.15, 0.2) is 0 Å². The molecule has 0 amide bonds. The van der Waals surface area contributed by atoms with Crippen molar-refractivity contribution in [2.24, 2.45) is 0 Å². The zero-order valence-electron chi connectivity index (χ0n) is 7.53. The van der Waals surface area contributed by atoms with Crippen molar-refractivity contribution in [3.63, 3.8) is 0 Å². The normalized spacial score (nSPS) is 12.7. The second-order valence-electron chi connectivity index (χ2n) is 2.74. The SMILES string of the molecule is COc1nc(C(C)O)ccc1C. The summed E-state index contributed by atoms with van der Waals surface area (Å²) in [6.45, 7) is 3.59. The smallest absolute Gasteiger partial charge is 0.216 e. The van der Waals surface area contributed by atoms with E-state index in [2.05, 4.69) is 4.98 Å². The lowest BCUT2D eigenvalue weighted by molar-refractivity contribution is 0.193. The second-order valence-corrected chi connectivity index (χ2v) is 2.74. The number of aromatic nitrogens is 1. The number of rotatable bonds is 2.